The molecule has 0 spiro atoms. The molecule has 4 N–H and O–H groups in total. The van der Waals surface area contributed by atoms with Gasteiger partial charge in [0.1, 0.15) is 0 Å². The van der Waals surface area contributed by atoms with Crippen LogP contribution in [0.5, 0.6) is 0 Å². The molecule has 0 radical (unpaired) electrons. The summed E-state index contributed by atoms with van der Waals surface area (Å²) in [4.78, 5) is 0. The third-order valence-electron chi connectivity index (χ3n) is 11.1. The summed E-state index contributed by atoms with van der Waals surface area (Å²) >= 11 is 0. The second-order valence-electron chi connectivity index (χ2n) is 13.2. The zero-order chi connectivity index (χ0) is 22.8. The summed E-state index contributed by atoms with van der Waals surface area (Å²) in [5, 5.41) is 41.7. The van der Waals surface area contributed by atoms with Crippen LogP contribution in [0.4, 0.5) is 0 Å². The molecule has 0 bridgehead atoms. The van der Waals surface area contributed by atoms with E-state index in [1.54, 1.807) is 0 Å². The summed E-state index contributed by atoms with van der Waals surface area (Å²) in [5.41, 5.74) is 0.202. The molecule has 4 aliphatic rings. The van der Waals surface area contributed by atoms with Gasteiger partial charge in [0, 0.05) is 12.8 Å². The predicted molar refractivity (Wildman–Crippen MR) is 123 cm³/mol. The van der Waals surface area contributed by atoms with E-state index < -0.39 is 11.6 Å². The number of hydrogen-bond acceptors (Lipinski definition) is 4. The SMILES string of the molecule is CC(C)CCC[C@@H](C)[C@H]1CC[C@H]2[C@@H]3CC[C@@H]4CC(O)(O)C(O)(O)C[C@]4(C)[C@H]3CC[C@]12C. The molecular weight excluding hydrogens is 388 g/mol. The predicted octanol–water partition coefficient (Wildman–Crippen LogP) is 5.08. The highest BCUT2D eigenvalue weighted by Crippen LogP contribution is 2.69. The Morgan fingerprint density at radius 3 is 2.13 bits per heavy atom. The Hall–Kier alpha value is -0.160. The molecule has 4 aliphatic carbocycles. The van der Waals surface area contributed by atoms with E-state index in [2.05, 4.69) is 34.6 Å². The second-order valence-corrected chi connectivity index (χ2v) is 13.2. The van der Waals surface area contributed by atoms with Crippen LogP contribution in [0, 0.1) is 52.3 Å². The number of rotatable bonds is 5. The van der Waals surface area contributed by atoms with Crippen molar-refractivity contribution in [1.82, 2.24) is 0 Å². The minimum atomic E-state index is -2.41. The highest BCUT2D eigenvalue weighted by Gasteiger charge is 2.66. The Morgan fingerprint density at radius 1 is 0.774 bits per heavy atom. The maximum Gasteiger partial charge on any atom is 0.218 e. The van der Waals surface area contributed by atoms with Gasteiger partial charge in [-0.05, 0) is 90.8 Å². The molecule has 4 heteroatoms. The van der Waals surface area contributed by atoms with E-state index in [9.17, 15) is 20.4 Å². The normalized spacial score (nSPS) is 46.8. The van der Waals surface area contributed by atoms with Crippen molar-refractivity contribution in [3.05, 3.63) is 0 Å². The standard InChI is InChI=1S/C27H48O4/c1-17(2)7-6-8-18(3)21-11-12-22-20-10-9-19-15-26(28,29)27(30,31)16-25(19,5)23(20)13-14-24(21,22)4/h17-23,28-31H,6-16H2,1-5H3/t18-,19-,20+,21-,22+,23+,24-,25+/m1/s1. The molecule has 4 fully saturated rings. The van der Waals surface area contributed by atoms with E-state index >= 15 is 0 Å². The maximum absolute atomic E-state index is 10.5. The van der Waals surface area contributed by atoms with Gasteiger partial charge in [-0.1, -0.05) is 53.9 Å². The van der Waals surface area contributed by atoms with E-state index in [1.807, 2.05) is 0 Å². The second kappa shape index (κ2) is 7.96. The Labute approximate surface area is 189 Å². The fraction of sp³-hybridized carbons (Fsp3) is 1.00. The van der Waals surface area contributed by atoms with Crippen LogP contribution in [-0.2, 0) is 0 Å². The Morgan fingerprint density at radius 2 is 1.45 bits per heavy atom. The van der Waals surface area contributed by atoms with E-state index in [-0.39, 0.29) is 24.2 Å². The number of fused-ring (bicyclic) bond motifs is 5. The largest absolute Gasteiger partial charge is 0.361 e. The first-order valence-corrected chi connectivity index (χ1v) is 13.2. The fourth-order valence-electron chi connectivity index (χ4n) is 9.35. The lowest BCUT2D eigenvalue weighted by molar-refractivity contribution is -0.398. The minimum Gasteiger partial charge on any atom is -0.361 e. The average molecular weight is 437 g/mol. The highest BCUT2D eigenvalue weighted by atomic mass is 16.6. The maximum atomic E-state index is 10.5. The first-order chi connectivity index (χ1) is 14.3. The summed E-state index contributed by atoms with van der Waals surface area (Å²) in [5.74, 6) is -0.388. The lowest BCUT2D eigenvalue weighted by atomic mass is 9.43. The van der Waals surface area contributed by atoms with E-state index in [0.29, 0.717) is 17.3 Å². The van der Waals surface area contributed by atoms with E-state index in [4.69, 9.17) is 0 Å². The Bertz CT molecular complexity index is 658. The Kier molecular flexibility index (Phi) is 6.16. The van der Waals surface area contributed by atoms with Crippen molar-refractivity contribution in [2.24, 2.45) is 52.3 Å². The van der Waals surface area contributed by atoms with Gasteiger partial charge >= 0.3 is 0 Å². The first-order valence-electron chi connectivity index (χ1n) is 13.2. The molecule has 8 atom stereocenters. The van der Waals surface area contributed by atoms with Crippen molar-refractivity contribution in [2.45, 2.75) is 117 Å². The van der Waals surface area contributed by atoms with Gasteiger partial charge in [-0.15, -0.1) is 0 Å². The van der Waals surface area contributed by atoms with Crippen LogP contribution in [0.15, 0.2) is 0 Å². The lowest BCUT2D eigenvalue weighted by Gasteiger charge is -2.63. The summed E-state index contributed by atoms with van der Waals surface area (Å²) in [6.07, 6.45) is 11.4. The molecule has 31 heavy (non-hydrogen) atoms. The smallest absolute Gasteiger partial charge is 0.218 e. The van der Waals surface area contributed by atoms with Crippen molar-refractivity contribution in [3.63, 3.8) is 0 Å². The van der Waals surface area contributed by atoms with Gasteiger partial charge in [0.25, 0.3) is 0 Å². The van der Waals surface area contributed by atoms with Crippen LogP contribution >= 0.6 is 0 Å². The summed E-state index contributed by atoms with van der Waals surface area (Å²) < 4.78 is 0. The van der Waals surface area contributed by atoms with Gasteiger partial charge in [0.15, 0.2) is 0 Å². The van der Waals surface area contributed by atoms with E-state index in [1.165, 1.54) is 44.9 Å². The van der Waals surface area contributed by atoms with Crippen LogP contribution in [0.1, 0.15) is 105 Å². The zero-order valence-electron chi connectivity index (χ0n) is 20.6. The van der Waals surface area contributed by atoms with Crippen LogP contribution in [0.2, 0.25) is 0 Å². The van der Waals surface area contributed by atoms with Gasteiger partial charge in [-0.3, -0.25) is 0 Å². The molecule has 0 aromatic carbocycles. The minimum absolute atomic E-state index is 0.0805. The molecule has 0 aliphatic heterocycles. The third kappa shape index (κ3) is 3.82. The molecule has 0 aromatic heterocycles. The summed E-state index contributed by atoms with van der Waals surface area (Å²) in [7, 11) is 0. The molecule has 0 aromatic rings. The summed E-state index contributed by atoms with van der Waals surface area (Å²) in [6, 6.07) is 0. The van der Waals surface area contributed by atoms with Gasteiger partial charge in [-0.25, -0.2) is 0 Å². The fourth-order valence-corrected chi connectivity index (χ4v) is 9.35. The molecule has 0 saturated heterocycles. The van der Waals surface area contributed by atoms with Crippen molar-refractivity contribution >= 4 is 0 Å². The summed E-state index contributed by atoms with van der Waals surface area (Å²) in [6.45, 7) is 11.9. The highest BCUT2D eigenvalue weighted by molar-refractivity contribution is 5.12. The quantitative estimate of drug-likeness (QED) is 0.453. The average Bonchev–Trinajstić information content (AvgIpc) is 2.99. The zero-order valence-corrected chi connectivity index (χ0v) is 20.6. The Balaban J connectivity index is 1.51. The van der Waals surface area contributed by atoms with Crippen molar-refractivity contribution < 1.29 is 20.4 Å². The van der Waals surface area contributed by atoms with Gasteiger partial charge in [0.05, 0.1) is 0 Å². The molecule has 0 heterocycles. The van der Waals surface area contributed by atoms with E-state index in [0.717, 1.165) is 36.5 Å². The third-order valence-corrected chi connectivity index (χ3v) is 11.1. The number of aliphatic hydroxyl groups is 4. The van der Waals surface area contributed by atoms with Crippen molar-refractivity contribution in [3.8, 4) is 0 Å². The van der Waals surface area contributed by atoms with Crippen molar-refractivity contribution in [2.75, 3.05) is 0 Å². The van der Waals surface area contributed by atoms with Crippen molar-refractivity contribution in [1.29, 1.82) is 0 Å². The van der Waals surface area contributed by atoms with Gasteiger partial charge in [-0.2, -0.15) is 0 Å². The molecule has 0 unspecified atom stereocenters. The first kappa shape index (κ1) is 24.0. The van der Waals surface area contributed by atoms with Crippen LogP contribution < -0.4 is 0 Å². The number of hydrogen-bond donors (Lipinski definition) is 4. The molecule has 4 nitrogen and oxygen atoms in total. The van der Waals surface area contributed by atoms with Crippen LogP contribution in [0.25, 0.3) is 0 Å². The van der Waals surface area contributed by atoms with Gasteiger partial charge < -0.3 is 20.4 Å². The monoisotopic (exact) mass is 436 g/mol. The lowest BCUT2D eigenvalue weighted by Crippen LogP contribution is -2.66. The van der Waals surface area contributed by atoms with Crippen LogP contribution in [0.3, 0.4) is 0 Å². The molecule has 180 valence electrons. The molecule has 0 amide bonds. The topological polar surface area (TPSA) is 80.9 Å². The molecular formula is C27H48O4. The van der Waals surface area contributed by atoms with Crippen LogP contribution in [-0.4, -0.2) is 32.0 Å². The molecule has 4 rings (SSSR count). The molecule has 4 saturated carbocycles. The van der Waals surface area contributed by atoms with Gasteiger partial charge in [0.2, 0.25) is 11.6 Å².